The predicted octanol–water partition coefficient (Wildman–Crippen LogP) is 3.59. The van der Waals surface area contributed by atoms with Crippen LogP contribution in [0, 0.1) is 0 Å². The highest BCUT2D eigenvalue weighted by molar-refractivity contribution is 6.12. The van der Waals surface area contributed by atoms with Gasteiger partial charge in [-0.25, -0.2) is 4.98 Å². The Labute approximate surface area is 150 Å². The zero-order valence-electron chi connectivity index (χ0n) is 14.6. The molecule has 0 atom stereocenters. The number of ether oxygens (including phenoxy) is 3. The minimum Gasteiger partial charge on any atom is -0.493 e. The van der Waals surface area contributed by atoms with Gasteiger partial charge in [-0.3, -0.25) is 0 Å². The number of rotatable bonds is 6. The van der Waals surface area contributed by atoms with E-state index in [2.05, 4.69) is 10.1 Å². The molecule has 0 saturated heterocycles. The Bertz CT molecular complexity index is 894. The summed E-state index contributed by atoms with van der Waals surface area (Å²) in [6.45, 7) is 0. The van der Waals surface area contributed by atoms with Gasteiger partial charge in [0, 0.05) is 11.1 Å². The molecule has 2 aromatic carbocycles. The van der Waals surface area contributed by atoms with Crippen LogP contribution in [-0.4, -0.2) is 37.2 Å². The molecule has 1 N–H and O–H groups in total. The average Bonchev–Trinajstić information content (AvgIpc) is 3.18. The van der Waals surface area contributed by atoms with E-state index in [9.17, 15) is 5.21 Å². The number of aromatic nitrogens is 1. The molecule has 0 aliphatic heterocycles. The molecule has 7 nitrogen and oxygen atoms in total. The van der Waals surface area contributed by atoms with E-state index in [4.69, 9.17) is 18.6 Å². The number of oxime groups is 1. The van der Waals surface area contributed by atoms with E-state index >= 15 is 0 Å². The van der Waals surface area contributed by atoms with Gasteiger partial charge in [0.25, 0.3) is 0 Å². The molecule has 0 fully saturated rings. The fourth-order valence-corrected chi connectivity index (χ4v) is 2.57. The SMILES string of the molecule is COc1cc(/C(=N\O)c2coc(-c3ccccc3)n2)cc(OC)c1OC. The number of hydrogen-bond donors (Lipinski definition) is 1. The van der Waals surface area contributed by atoms with Crippen LogP contribution >= 0.6 is 0 Å². The number of benzene rings is 2. The lowest BCUT2D eigenvalue weighted by Crippen LogP contribution is -2.06. The minimum absolute atomic E-state index is 0.218. The third-order valence-electron chi connectivity index (χ3n) is 3.81. The molecule has 0 aliphatic carbocycles. The zero-order valence-corrected chi connectivity index (χ0v) is 14.6. The summed E-state index contributed by atoms with van der Waals surface area (Å²) in [5, 5.41) is 12.9. The highest BCUT2D eigenvalue weighted by Crippen LogP contribution is 2.38. The van der Waals surface area contributed by atoms with E-state index in [-0.39, 0.29) is 5.71 Å². The van der Waals surface area contributed by atoms with E-state index in [0.717, 1.165) is 5.56 Å². The van der Waals surface area contributed by atoms with Crippen LogP contribution in [0.3, 0.4) is 0 Å². The lowest BCUT2D eigenvalue weighted by molar-refractivity contribution is 0.318. The molecule has 0 unspecified atom stereocenters. The molecule has 134 valence electrons. The second kappa shape index (κ2) is 7.60. The van der Waals surface area contributed by atoms with Crippen molar-refractivity contribution in [2.75, 3.05) is 21.3 Å². The Balaban J connectivity index is 2.04. The van der Waals surface area contributed by atoms with Crippen molar-refractivity contribution in [1.29, 1.82) is 0 Å². The largest absolute Gasteiger partial charge is 0.493 e. The Morgan fingerprint density at radius 2 is 1.65 bits per heavy atom. The van der Waals surface area contributed by atoms with Crippen LogP contribution in [0.5, 0.6) is 17.2 Å². The molecule has 3 rings (SSSR count). The van der Waals surface area contributed by atoms with E-state index in [0.29, 0.717) is 34.4 Å². The number of nitrogens with zero attached hydrogens (tertiary/aromatic N) is 2. The number of hydrogen-bond acceptors (Lipinski definition) is 7. The van der Waals surface area contributed by atoms with Crippen molar-refractivity contribution >= 4 is 5.71 Å². The van der Waals surface area contributed by atoms with Gasteiger partial charge in [-0.15, -0.1) is 0 Å². The summed E-state index contributed by atoms with van der Waals surface area (Å²) in [7, 11) is 4.55. The van der Waals surface area contributed by atoms with Crippen LogP contribution in [-0.2, 0) is 0 Å². The monoisotopic (exact) mass is 354 g/mol. The molecule has 26 heavy (non-hydrogen) atoms. The first kappa shape index (κ1) is 17.3. The summed E-state index contributed by atoms with van der Waals surface area (Å²) in [6, 6.07) is 12.8. The Morgan fingerprint density at radius 3 is 2.19 bits per heavy atom. The highest BCUT2D eigenvalue weighted by Gasteiger charge is 2.20. The standard InChI is InChI=1S/C19H18N2O5/c1-23-15-9-13(10-16(24-2)18(15)25-3)17(21-22)14-11-26-19(20-14)12-7-5-4-6-8-12/h4-11,22H,1-3H3/b21-17+. The highest BCUT2D eigenvalue weighted by atomic mass is 16.5. The molecule has 7 heteroatoms. The maximum absolute atomic E-state index is 9.56. The third-order valence-corrected chi connectivity index (χ3v) is 3.81. The summed E-state index contributed by atoms with van der Waals surface area (Å²) < 4.78 is 21.5. The zero-order chi connectivity index (χ0) is 18.5. The lowest BCUT2D eigenvalue weighted by Gasteiger charge is -2.14. The fraction of sp³-hybridized carbons (Fsp3) is 0.158. The van der Waals surface area contributed by atoms with Gasteiger partial charge in [0.2, 0.25) is 11.6 Å². The van der Waals surface area contributed by atoms with Gasteiger partial charge in [0.1, 0.15) is 17.7 Å². The first-order valence-electron chi connectivity index (χ1n) is 7.75. The average molecular weight is 354 g/mol. The molecule has 0 spiro atoms. The molecule has 0 aliphatic rings. The summed E-state index contributed by atoms with van der Waals surface area (Å²) in [5.74, 6) is 1.75. The quantitative estimate of drug-likeness (QED) is 0.413. The van der Waals surface area contributed by atoms with Crippen LogP contribution in [0.4, 0.5) is 0 Å². The van der Waals surface area contributed by atoms with Gasteiger partial charge in [-0.2, -0.15) is 0 Å². The first-order valence-corrected chi connectivity index (χ1v) is 7.75. The van der Waals surface area contributed by atoms with Crippen LogP contribution in [0.15, 0.2) is 58.3 Å². The topological polar surface area (TPSA) is 86.3 Å². The second-order valence-electron chi connectivity index (χ2n) is 5.27. The second-order valence-corrected chi connectivity index (χ2v) is 5.27. The molecule has 0 radical (unpaired) electrons. The summed E-state index contributed by atoms with van der Waals surface area (Å²) in [5.41, 5.74) is 1.95. The minimum atomic E-state index is 0.218. The molecular weight excluding hydrogens is 336 g/mol. The molecule has 1 aromatic heterocycles. The van der Waals surface area contributed by atoms with E-state index in [1.54, 1.807) is 12.1 Å². The van der Waals surface area contributed by atoms with Gasteiger partial charge >= 0.3 is 0 Å². The Morgan fingerprint density at radius 1 is 1.00 bits per heavy atom. The maximum atomic E-state index is 9.56. The number of oxazole rings is 1. The molecule has 1 heterocycles. The normalized spacial score (nSPS) is 11.3. The molecular formula is C19H18N2O5. The van der Waals surface area contributed by atoms with Gasteiger partial charge < -0.3 is 23.8 Å². The Kier molecular flexibility index (Phi) is 5.07. The van der Waals surface area contributed by atoms with Crippen molar-refractivity contribution in [3.63, 3.8) is 0 Å². The van der Waals surface area contributed by atoms with E-state index < -0.39 is 0 Å². The fourth-order valence-electron chi connectivity index (χ4n) is 2.57. The van der Waals surface area contributed by atoms with Crippen molar-refractivity contribution in [2.45, 2.75) is 0 Å². The molecule has 0 amide bonds. The molecule has 0 bridgehead atoms. The lowest BCUT2D eigenvalue weighted by atomic mass is 10.1. The van der Waals surface area contributed by atoms with E-state index in [1.807, 2.05) is 30.3 Å². The summed E-state index contributed by atoms with van der Waals surface area (Å²) in [4.78, 5) is 4.41. The van der Waals surface area contributed by atoms with Crippen molar-refractivity contribution in [3.05, 3.63) is 60.0 Å². The predicted molar refractivity (Wildman–Crippen MR) is 95.5 cm³/mol. The summed E-state index contributed by atoms with van der Waals surface area (Å²) in [6.07, 6.45) is 1.43. The van der Waals surface area contributed by atoms with Crippen molar-refractivity contribution in [1.82, 2.24) is 4.98 Å². The van der Waals surface area contributed by atoms with Gasteiger partial charge in [-0.05, 0) is 24.3 Å². The molecule has 0 saturated carbocycles. The van der Waals surface area contributed by atoms with Gasteiger partial charge in [-0.1, -0.05) is 23.4 Å². The van der Waals surface area contributed by atoms with Gasteiger partial charge in [0.05, 0.1) is 21.3 Å². The van der Waals surface area contributed by atoms with Crippen molar-refractivity contribution in [3.8, 4) is 28.7 Å². The van der Waals surface area contributed by atoms with E-state index in [1.165, 1.54) is 27.6 Å². The maximum Gasteiger partial charge on any atom is 0.226 e. The molecule has 3 aromatic rings. The van der Waals surface area contributed by atoms with Crippen LogP contribution < -0.4 is 14.2 Å². The van der Waals surface area contributed by atoms with Gasteiger partial charge in [0.15, 0.2) is 11.5 Å². The number of methoxy groups -OCH3 is 3. The summed E-state index contributed by atoms with van der Waals surface area (Å²) >= 11 is 0. The van der Waals surface area contributed by atoms with Crippen LogP contribution in [0.2, 0.25) is 0 Å². The van der Waals surface area contributed by atoms with Crippen molar-refractivity contribution < 1.29 is 23.8 Å². The van der Waals surface area contributed by atoms with Crippen molar-refractivity contribution in [2.24, 2.45) is 5.16 Å². The Hall–Kier alpha value is -3.48. The van der Waals surface area contributed by atoms with Crippen LogP contribution in [0.25, 0.3) is 11.5 Å². The van der Waals surface area contributed by atoms with Crippen LogP contribution in [0.1, 0.15) is 11.3 Å². The first-order chi connectivity index (χ1) is 12.7. The third kappa shape index (κ3) is 3.19. The smallest absolute Gasteiger partial charge is 0.226 e.